The lowest BCUT2D eigenvalue weighted by Gasteiger charge is -2.19. The molecular formula is C20H24N4OS. The minimum absolute atomic E-state index is 0.00785. The lowest BCUT2D eigenvalue weighted by Crippen LogP contribution is -2.35. The molecule has 1 aliphatic heterocycles. The van der Waals surface area contributed by atoms with Gasteiger partial charge in [-0.05, 0) is 50.2 Å². The van der Waals surface area contributed by atoms with Crippen molar-refractivity contribution >= 4 is 27.5 Å². The third-order valence-corrected chi connectivity index (χ3v) is 6.02. The molecule has 3 aromatic rings. The summed E-state index contributed by atoms with van der Waals surface area (Å²) in [5.74, 6) is -0.00785. The monoisotopic (exact) mass is 368 g/mol. The maximum Gasteiger partial charge on any atom is 0.263 e. The molecule has 26 heavy (non-hydrogen) atoms. The molecule has 1 saturated heterocycles. The van der Waals surface area contributed by atoms with Gasteiger partial charge in [-0.15, -0.1) is 11.3 Å². The molecule has 1 N–H and O–H groups in total. The standard InChI is InChI=1S/C20H24N4OS/c25-19(21-10-15-23-11-3-1-2-4-12-23)18-17(24-13-5-6-14-24)16-8-7-9-22-20(16)26-18/h5-9,13-14H,1-4,10-12,15H2,(H,21,25). The second-order valence-corrected chi connectivity index (χ2v) is 7.74. The molecule has 6 heteroatoms. The zero-order chi connectivity index (χ0) is 17.8. The molecule has 0 unspecified atom stereocenters. The van der Waals surface area contributed by atoms with Gasteiger partial charge in [-0.3, -0.25) is 4.79 Å². The van der Waals surface area contributed by atoms with Crippen LogP contribution in [0, 0.1) is 0 Å². The topological polar surface area (TPSA) is 50.2 Å². The average molecular weight is 369 g/mol. The summed E-state index contributed by atoms with van der Waals surface area (Å²) in [7, 11) is 0. The van der Waals surface area contributed by atoms with Crippen LogP contribution in [0.3, 0.4) is 0 Å². The van der Waals surface area contributed by atoms with Crippen LogP contribution in [0.1, 0.15) is 35.4 Å². The van der Waals surface area contributed by atoms with Gasteiger partial charge < -0.3 is 14.8 Å². The number of nitrogens with zero attached hydrogens (tertiary/aromatic N) is 3. The molecule has 0 saturated carbocycles. The van der Waals surface area contributed by atoms with E-state index in [0.717, 1.165) is 40.4 Å². The van der Waals surface area contributed by atoms with Gasteiger partial charge in [0.25, 0.3) is 5.91 Å². The first-order valence-corrected chi connectivity index (χ1v) is 10.2. The van der Waals surface area contributed by atoms with E-state index in [2.05, 4.69) is 15.2 Å². The van der Waals surface area contributed by atoms with Crippen molar-refractivity contribution in [3.63, 3.8) is 0 Å². The molecule has 3 aromatic heterocycles. The number of hydrogen-bond acceptors (Lipinski definition) is 4. The zero-order valence-electron chi connectivity index (χ0n) is 14.9. The third-order valence-electron chi connectivity index (χ3n) is 4.92. The number of aromatic nitrogens is 2. The van der Waals surface area contributed by atoms with Gasteiger partial charge in [0.1, 0.15) is 9.71 Å². The van der Waals surface area contributed by atoms with Crippen LogP contribution in [0.4, 0.5) is 0 Å². The Hall–Kier alpha value is -2.18. The quantitative estimate of drug-likeness (QED) is 0.747. The predicted molar refractivity (Wildman–Crippen MR) is 106 cm³/mol. The lowest BCUT2D eigenvalue weighted by molar-refractivity contribution is 0.0952. The Bertz CT molecular complexity index is 863. The number of nitrogens with one attached hydrogen (secondary N) is 1. The van der Waals surface area contributed by atoms with Crippen molar-refractivity contribution in [3.05, 3.63) is 47.7 Å². The first-order chi connectivity index (χ1) is 12.8. The van der Waals surface area contributed by atoms with E-state index in [1.54, 1.807) is 6.20 Å². The Kier molecular flexibility index (Phi) is 5.32. The number of carbonyl (C=O) groups excluding carboxylic acids is 1. The van der Waals surface area contributed by atoms with E-state index in [9.17, 15) is 4.79 Å². The number of likely N-dealkylation sites (tertiary alicyclic amines) is 1. The van der Waals surface area contributed by atoms with Crippen molar-refractivity contribution in [3.8, 4) is 5.69 Å². The van der Waals surface area contributed by atoms with Crippen molar-refractivity contribution < 1.29 is 4.79 Å². The number of carbonyl (C=O) groups is 1. The van der Waals surface area contributed by atoms with E-state index in [4.69, 9.17) is 0 Å². The normalized spacial score (nSPS) is 15.8. The summed E-state index contributed by atoms with van der Waals surface area (Å²) in [6.07, 6.45) is 10.9. The minimum atomic E-state index is -0.00785. The molecule has 5 nitrogen and oxygen atoms in total. The van der Waals surface area contributed by atoms with E-state index in [1.807, 2.05) is 41.2 Å². The smallest absolute Gasteiger partial charge is 0.263 e. The fourth-order valence-corrected chi connectivity index (χ4v) is 4.64. The van der Waals surface area contributed by atoms with Gasteiger partial charge in [0, 0.05) is 37.1 Å². The molecule has 1 aliphatic rings. The SMILES string of the molecule is O=C(NCCN1CCCCCC1)c1sc2ncccc2c1-n1cccc1. The zero-order valence-corrected chi connectivity index (χ0v) is 15.7. The van der Waals surface area contributed by atoms with Crippen molar-refractivity contribution in [1.82, 2.24) is 19.8 Å². The molecular weight excluding hydrogens is 344 g/mol. The molecule has 1 amide bonds. The maximum absolute atomic E-state index is 12.9. The fraction of sp³-hybridized carbons (Fsp3) is 0.400. The summed E-state index contributed by atoms with van der Waals surface area (Å²) >= 11 is 1.46. The van der Waals surface area contributed by atoms with Crippen molar-refractivity contribution in [1.29, 1.82) is 0 Å². The molecule has 4 heterocycles. The molecule has 0 atom stereocenters. The van der Waals surface area contributed by atoms with Crippen molar-refractivity contribution in [2.45, 2.75) is 25.7 Å². The number of hydrogen-bond donors (Lipinski definition) is 1. The lowest BCUT2D eigenvalue weighted by atomic mass is 10.2. The fourth-order valence-electron chi connectivity index (χ4n) is 3.58. The first-order valence-electron chi connectivity index (χ1n) is 9.34. The largest absolute Gasteiger partial charge is 0.350 e. The Labute approximate surface area is 157 Å². The molecule has 0 aliphatic carbocycles. The molecule has 0 spiro atoms. The number of amides is 1. The highest BCUT2D eigenvalue weighted by Gasteiger charge is 2.20. The number of pyridine rings is 1. The highest BCUT2D eigenvalue weighted by Crippen LogP contribution is 2.32. The molecule has 0 aromatic carbocycles. The van der Waals surface area contributed by atoms with Crippen LogP contribution in [0.25, 0.3) is 15.9 Å². The van der Waals surface area contributed by atoms with E-state index < -0.39 is 0 Å². The summed E-state index contributed by atoms with van der Waals surface area (Å²) in [6.45, 7) is 3.91. The summed E-state index contributed by atoms with van der Waals surface area (Å²) in [5.41, 5.74) is 0.926. The second-order valence-electron chi connectivity index (χ2n) is 6.74. The second kappa shape index (κ2) is 8.01. The van der Waals surface area contributed by atoms with E-state index in [-0.39, 0.29) is 5.91 Å². The van der Waals surface area contributed by atoms with Crippen molar-refractivity contribution in [2.75, 3.05) is 26.2 Å². The van der Waals surface area contributed by atoms with Gasteiger partial charge in [-0.2, -0.15) is 0 Å². The van der Waals surface area contributed by atoms with Gasteiger partial charge in [-0.1, -0.05) is 12.8 Å². The maximum atomic E-state index is 12.9. The van der Waals surface area contributed by atoms with Gasteiger partial charge >= 0.3 is 0 Å². The van der Waals surface area contributed by atoms with Gasteiger partial charge in [0.05, 0.1) is 5.69 Å². The summed E-state index contributed by atoms with van der Waals surface area (Å²) in [5, 5.41) is 4.14. The Morgan fingerprint density at radius 1 is 1.12 bits per heavy atom. The predicted octanol–water partition coefficient (Wildman–Crippen LogP) is 3.69. The molecule has 0 bridgehead atoms. The number of fused-ring (bicyclic) bond motifs is 1. The van der Waals surface area contributed by atoms with Crippen molar-refractivity contribution in [2.24, 2.45) is 0 Å². The molecule has 136 valence electrons. The summed E-state index contributed by atoms with van der Waals surface area (Å²) < 4.78 is 2.00. The van der Waals surface area contributed by atoms with E-state index in [0.29, 0.717) is 6.54 Å². The van der Waals surface area contributed by atoms with E-state index in [1.165, 1.54) is 37.0 Å². The molecule has 0 radical (unpaired) electrons. The summed E-state index contributed by atoms with van der Waals surface area (Å²) in [4.78, 5) is 21.4. The highest BCUT2D eigenvalue weighted by atomic mass is 32.1. The van der Waals surface area contributed by atoms with Gasteiger partial charge in [0.15, 0.2) is 0 Å². The number of rotatable bonds is 5. The molecule has 1 fully saturated rings. The van der Waals surface area contributed by atoms with Crippen LogP contribution < -0.4 is 5.32 Å². The van der Waals surface area contributed by atoms with E-state index >= 15 is 0 Å². The first kappa shape index (κ1) is 17.2. The minimum Gasteiger partial charge on any atom is -0.350 e. The molecule has 4 rings (SSSR count). The van der Waals surface area contributed by atoms with Crippen LogP contribution >= 0.6 is 11.3 Å². The number of thiophene rings is 1. The van der Waals surface area contributed by atoms with Crippen LogP contribution in [-0.2, 0) is 0 Å². The average Bonchev–Trinajstić information content (AvgIpc) is 3.23. The van der Waals surface area contributed by atoms with Gasteiger partial charge in [0.2, 0.25) is 0 Å². The van der Waals surface area contributed by atoms with Crippen LogP contribution in [-0.4, -0.2) is 46.5 Å². The van der Waals surface area contributed by atoms with Crippen LogP contribution in [0.5, 0.6) is 0 Å². The Balaban J connectivity index is 1.50. The van der Waals surface area contributed by atoms with Gasteiger partial charge in [-0.25, -0.2) is 4.98 Å². The van der Waals surface area contributed by atoms with Crippen LogP contribution in [0.15, 0.2) is 42.9 Å². The van der Waals surface area contributed by atoms with Crippen LogP contribution in [0.2, 0.25) is 0 Å². The Morgan fingerprint density at radius 2 is 1.88 bits per heavy atom. The Morgan fingerprint density at radius 3 is 2.65 bits per heavy atom. The summed E-state index contributed by atoms with van der Waals surface area (Å²) in [6, 6.07) is 7.90. The third kappa shape index (κ3) is 3.66. The highest BCUT2D eigenvalue weighted by molar-refractivity contribution is 7.21.